The first kappa shape index (κ1) is 12.9. The molecule has 0 spiro atoms. The van der Waals surface area contributed by atoms with Crippen molar-refractivity contribution in [2.75, 3.05) is 13.1 Å². The van der Waals surface area contributed by atoms with E-state index in [1.54, 1.807) is 0 Å². The Morgan fingerprint density at radius 3 is 3.00 bits per heavy atom. The molecule has 1 fully saturated rings. The normalized spacial score (nSPS) is 22.1. The van der Waals surface area contributed by atoms with E-state index in [9.17, 15) is 0 Å². The fourth-order valence-electron chi connectivity index (χ4n) is 2.55. The molecule has 0 bridgehead atoms. The van der Waals surface area contributed by atoms with Gasteiger partial charge in [0.15, 0.2) is 0 Å². The lowest BCUT2D eigenvalue weighted by Gasteiger charge is -2.32. The topological polar surface area (TPSA) is 61.8 Å². The zero-order valence-electron chi connectivity index (χ0n) is 10.8. The maximum Gasteiger partial charge on any atom is 0.143 e. The van der Waals surface area contributed by atoms with Crippen molar-refractivity contribution in [3.05, 3.63) is 35.4 Å². The molecule has 4 nitrogen and oxygen atoms in total. The molecule has 98 valence electrons. The summed E-state index contributed by atoms with van der Waals surface area (Å²) in [5, 5.41) is 11.9. The van der Waals surface area contributed by atoms with E-state index in [0.29, 0.717) is 5.84 Å². The predicted molar refractivity (Wildman–Crippen MR) is 72.6 cm³/mol. The van der Waals surface area contributed by atoms with Gasteiger partial charge in [0.2, 0.25) is 0 Å². The van der Waals surface area contributed by atoms with E-state index >= 15 is 0 Å². The number of benzene rings is 1. The van der Waals surface area contributed by atoms with Crippen LogP contribution in [0.4, 0.5) is 0 Å². The van der Waals surface area contributed by atoms with Crippen LogP contribution < -0.4 is 5.73 Å². The molecule has 0 aliphatic carbocycles. The fourth-order valence-corrected chi connectivity index (χ4v) is 2.55. The van der Waals surface area contributed by atoms with Gasteiger partial charge in [-0.05, 0) is 37.4 Å². The SMILES string of the molecule is Cc1ccccc1CN1CCCC(C(N)=NO)C1. The molecule has 2 rings (SSSR count). The number of rotatable bonds is 3. The molecule has 1 saturated heterocycles. The van der Waals surface area contributed by atoms with Gasteiger partial charge in [-0.3, -0.25) is 4.90 Å². The first-order valence-corrected chi connectivity index (χ1v) is 6.45. The predicted octanol–water partition coefficient (Wildman–Crippen LogP) is 1.95. The lowest BCUT2D eigenvalue weighted by molar-refractivity contribution is 0.192. The van der Waals surface area contributed by atoms with Gasteiger partial charge in [0.25, 0.3) is 0 Å². The maximum atomic E-state index is 8.75. The third-order valence-corrected chi connectivity index (χ3v) is 3.69. The molecule has 1 atom stereocenters. The molecule has 1 aromatic carbocycles. The minimum absolute atomic E-state index is 0.188. The monoisotopic (exact) mass is 247 g/mol. The number of oxime groups is 1. The summed E-state index contributed by atoms with van der Waals surface area (Å²) in [5.41, 5.74) is 8.39. The van der Waals surface area contributed by atoms with Crippen LogP contribution in [0, 0.1) is 12.8 Å². The molecular formula is C14H21N3O. The highest BCUT2D eigenvalue weighted by atomic mass is 16.4. The van der Waals surface area contributed by atoms with Gasteiger partial charge in [-0.1, -0.05) is 29.4 Å². The Morgan fingerprint density at radius 1 is 1.50 bits per heavy atom. The summed E-state index contributed by atoms with van der Waals surface area (Å²) in [6.45, 7) is 5.05. The van der Waals surface area contributed by atoms with Gasteiger partial charge in [-0.2, -0.15) is 0 Å². The Bertz CT molecular complexity index is 431. The summed E-state index contributed by atoms with van der Waals surface area (Å²) in [5.74, 6) is 0.553. The Morgan fingerprint density at radius 2 is 2.28 bits per heavy atom. The quantitative estimate of drug-likeness (QED) is 0.371. The molecule has 18 heavy (non-hydrogen) atoms. The minimum atomic E-state index is 0.188. The number of amidine groups is 1. The largest absolute Gasteiger partial charge is 0.409 e. The second-order valence-electron chi connectivity index (χ2n) is 5.03. The zero-order valence-corrected chi connectivity index (χ0v) is 10.8. The van der Waals surface area contributed by atoms with Crippen molar-refractivity contribution >= 4 is 5.84 Å². The fraction of sp³-hybridized carbons (Fsp3) is 0.500. The molecule has 1 aromatic rings. The molecule has 0 aromatic heterocycles. The summed E-state index contributed by atoms with van der Waals surface area (Å²) < 4.78 is 0. The van der Waals surface area contributed by atoms with Gasteiger partial charge in [-0.25, -0.2) is 0 Å². The Labute approximate surface area is 108 Å². The molecule has 0 amide bonds. The van der Waals surface area contributed by atoms with Crippen LogP contribution in [0.25, 0.3) is 0 Å². The molecule has 1 unspecified atom stereocenters. The second-order valence-corrected chi connectivity index (χ2v) is 5.03. The van der Waals surface area contributed by atoms with E-state index in [-0.39, 0.29) is 5.92 Å². The third-order valence-electron chi connectivity index (χ3n) is 3.69. The molecule has 3 N–H and O–H groups in total. The van der Waals surface area contributed by atoms with Crippen LogP contribution in [-0.2, 0) is 6.54 Å². The molecule has 0 saturated carbocycles. The van der Waals surface area contributed by atoms with Crippen molar-refractivity contribution in [1.29, 1.82) is 0 Å². The summed E-state index contributed by atoms with van der Waals surface area (Å²) in [6.07, 6.45) is 2.12. The highest BCUT2D eigenvalue weighted by Gasteiger charge is 2.23. The summed E-state index contributed by atoms with van der Waals surface area (Å²) in [4.78, 5) is 2.38. The van der Waals surface area contributed by atoms with E-state index in [4.69, 9.17) is 10.9 Å². The third kappa shape index (κ3) is 3.01. The lowest BCUT2D eigenvalue weighted by atomic mass is 9.96. The van der Waals surface area contributed by atoms with Crippen LogP contribution in [0.2, 0.25) is 0 Å². The van der Waals surface area contributed by atoms with Crippen molar-refractivity contribution in [3.8, 4) is 0 Å². The average Bonchev–Trinajstić information content (AvgIpc) is 2.41. The van der Waals surface area contributed by atoms with Crippen molar-refractivity contribution in [2.45, 2.75) is 26.3 Å². The van der Waals surface area contributed by atoms with Gasteiger partial charge in [-0.15, -0.1) is 0 Å². The summed E-state index contributed by atoms with van der Waals surface area (Å²) in [6, 6.07) is 8.45. The van der Waals surface area contributed by atoms with Crippen LogP contribution in [0.3, 0.4) is 0 Å². The number of nitrogens with zero attached hydrogens (tertiary/aromatic N) is 2. The molecule has 1 aliphatic heterocycles. The van der Waals surface area contributed by atoms with E-state index < -0.39 is 0 Å². The summed E-state index contributed by atoms with van der Waals surface area (Å²) in [7, 11) is 0. The average molecular weight is 247 g/mol. The number of hydrogen-bond donors (Lipinski definition) is 2. The standard InChI is InChI=1S/C14H21N3O/c1-11-5-2-3-6-12(11)9-17-8-4-7-13(10-17)14(15)16-18/h2-3,5-6,13,18H,4,7-10H2,1H3,(H2,15,16). The molecular weight excluding hydrogens is 226 g/mol. The van der Waals surface area contributed by atoms with Crippen molar-refractivity contribution in [3.63, 3.8) is 0 Å². The first-order valence-electron chi connectivity index (χ1n) is 6.45. The lowest BCUT2D eigenvalue weighted by Crippen LogP contribution is -2.40. The van der Waals surface area contributed by atoms with E-state index in [1.165, 1.54) is 11.1 Å². The van der Waals surface area contributed by atoms with Gasteiger partial charge in [0.1, 0.15) is 5.84 Å². The van der Waals surface area contributed by atoms with Gasteiger partial charge in [0.05, 0.1) is 0 Å². The summed E-state index contributed by atoms with van der Waals surface area (Å²) >= 11 is 0. The van der Waals surface area contributed by atoms with Gasteiger partial charge >= 0.3 is 0 Å². The number of likely N-dealkylation sites (tertiary alicyclic amines) is 1. The molecule has 1 aliphatic rings. The van der Waals surface area contributed by atoms with Crippen molar-refractivity contribution < 1.29 is 5.21 Å². The Kier molecular flexibility index (Phi) is 4.20. The van der Waals surface area contributed by atoms with E-state index in [1.807, 2.05) is 0 Å². The smallest absolute Gasteiger partial charge is 0.143 e. The number of hydrogen-bond acceptors (Lipinski definition) is 3. The number of nitrogens with two attached hydrogens (primary N) is 1. The minimum Gasteiger partial charge on any atom is -0.409 e. The zero-order chi connectivity index (χ0) is 13.0. The van der Waals surface area contributed by atoms with Crippen LogP contribution >= 0.6 is 0 Å². The van der Waals surface area contributed by atoms with Crippen LogP contribution in [0.15, 0.2) is 29.4 Å². The van der Waals surface area contributed by atoms with E-state index in [0.717, 1.165) is 32.5 Å². The van der Waals surface area contributed by atoms with Crippen LogP contribution in [0.1, 0.15) is 24.0 Å². The number of piperidine rings is 1. The van der Waals surface area contributed by atoms with Crippen molar-refractivity contribution in [1.82, 2.24) is 4.90 Å². The second kappa shape index (κ2) is 5.87. The molecule has 4 heteroatoms. The maximum absolute atomic E-state index is 8.75. The van der Waals surface area contributed by atoms with E-state index in [2.05, 4.69) is 41.2 Å². The van der Waals surface area contributed by atoms with Gasteiger partial charge in [0, 0.05) is 19.0 Å². The van der Waals surface area contributed by atoms with Crippen molar-refractivity contribution in [2.24, 2.45) is 16.8 Å². The number of aryl methyl sites for hydroxylation is 1. The highest BCUT2D eigenvalue weighted by molar-refractivity contribution is 5.82. The van der Waals surface area contributed by atoms with Crippen LogP contribution in [0.5, 0.6) is 0 Å². The Balaban J connectivity index is 2.00. The Hall–Kier alpha value is -1.55. The highest BCUT2D eigenvalue weighted by Crippen LogP contribution is 2.19. The molecule has 1 heterocycles. The molecule has 0 radical (unpaired) electrons. The first-order chi connectivity index (χ1) is 8.70. The van der Waals surface area contributed by atoms with Gasteiger partial charge < -0.3 is 10.9 Å². The van der Waals surface area contributed by atoms with Crippen LogP contribution in [-0.4, -0.2) is 29.0 Å².